The van der Waals surface area contributed by atoms with Gasteiger partial charge in [-0.05, 0) is 37.3 Å². The Bertz CT molecular complexity index is 819. The number of carbonyl (C=O) groups excluding carboxylic acids is 4. The van der Waals surface area contributed by atoms with Crippen LogP contribution in [0.5, 0.6) is 0 Å². The number of hydrogen-bond acceptors (Lipinski definition) is 6. The minimum Gasteiger partial charge on any atom is -0.467 e. The second-order valence-corrected chi connectivity index (χ2v) is 5.10. The van der Waals surface area contributed by atoms with Crippen molar-refractivity contribution in [2.75, 3.05) is 11.9 Å². The van der Waals surface area contributed by atoms with Crippen LogP contribution in [0.15, 0.2) is 47.1 Å². The predicted octanol–water partition coefficient (Wildman–Crippen LogP) is 0.925. The number of nitrogens with one attached hydrogen (secondary N) is 4. The Balaban J connectivity index is 1.83. The molecule has 0 fully saturated rings. The number of furan rings is 1. The molecule has 1 aromatic carbocycles. The van der Waals surface area contributed by atoms with E-state index in [0.717, 1.165) is 0 Å². The van der Waals surface area contributed by atoms with Gasteiger partial charge in [0, 0.05) is 11.3 Å². The Hall–Kier alpha value is -3.82. The Morgan fingerprint density at radius 3 is 2.56 bits per heavy atom. The van der Waals surface area contributed by atoms with Crippen LogP contribution in [0.1, 0.15) is 23.0 Å². The van der Waals surface area contributed by atoms with Gasteiger partial charge in [0.2, 0.25) is 0 Å². The van der Waals surface area contributed by atoms with Crippen molar-refractivity contribution >= 4 is 29.5 Å². The van der Waals surface area contributed by atoms with Crippen molar-refractivity contribution in [2.24, 2.45) is 0 Å². The van der Waals surface area contributed by atoms with Crippen molar-refractivity contribution in [1.29, 1.82) is 0 Å². The van der Waals surface area contributed by atoms with Crippen LogP contribution < -0.4 is 21.5 Å². The van der Waals surface area contributed by atoms with E-state index < -0.39 is 23.8 Å². The van der Waals surface area contributed by atoms with Gasteiger partial charge in [0.15, 0.2) is 0 Å². The van der Waals surface area contributed by atoms with E-state index in [9.17, 15) is 19.2 Å². The van der Waals surface area contributed by atoms with Gasteiger partial charge in [-0.1, -0.05) is 6.07 Å². The van der Waals surface area contributed by atoms with Crippen LogP contribution in [-0.2, 0) is 20.9 Å². The smallest absolute Gasteiger partial charge is 0.411 e. The lowest BCUT2D eigenvalue weighted by molar-refractivity contribution is -0.139. The third kappa shape index (κ3) is 6.20. The minimum atomic E-state index is -1.05. The number of benzene rings is 1. The van der Waals surface area contributed by atoms with Crippen molar-refractivity contribution in [3.8, 4) is 0 Å². The second-order valence-electron chi connectivity index (χ2n) is 5.10. The van der Waals surface area contributed by atoms with Gasteiger partial charge in [-0.15, -0.1) is 0 Å². The molecule has 0 saturated carbocycles. The van der Waals surface area contributed by atoms with Crippen LogP contribution in [-0.4, -0.2) is 30.4 Å². The summed E-state index contributed by atoms with van der Waals surface area (Å²) in [6, 6.07) is 9.23. The lowest BCUT2D eigenvalue weighted by Gasteiger charge is -2.09. The fourth-order valence-electron chi connectivity index (χ4n) is 1.93. The molecule has 0 spiro atoms. The fourth-order valence-corrected chi connectivity index (χ4v) is 1.93. The van der Waals surface area contributed by atoms with Gasteiger partial charge in [0.25, 0.3) is 5.91 Å². The first kappa shape index (κ1) is 19.5. The van der Waals surface area contributed by atoms with Crippen molar-refractivity contribution in [1.82, 2.24) is 16.2 Å². The van der Waals surface area contributed by atoms with Crippen molar-refractivity contribution in [3.63, 3.8) is 0 Å². The van der Waals surface area contributed by atoms with Crippen molar-refractivity contribution in [2.45, 2.75) is 13.5 Å². The van der Waals surface area contributed by atoms with E-state index in [1.807, 2.05) is 5.43 Å². The Morgan fingerprint density at radius 2 is 1.85 bits per heavy atom. The molecule has 27 heavy (non-hydrogen) atoms. The average Bonchev–Trinajstić information content (AvgIpc) is 3.17. The normalized spacial score (nSPS) is 9.81. The summed E-state index contributed by atoms with van der Waals surface area (Å²) in [6.07, 6.45) is 0.781. The molecule has 1 aromatic heterocycles. The first-order valence-corrected chi connectivity index (χ1v) is 7.94. The lowest BCUT2D eigenvalue weighted by atomic mass is 10.2. The summed E-state index contributed by atoms with van der Waals surface area (Å²) in [5.74, 6) is -2.18. The standard InChI is InChI=1S/C17H18N4O6/c1-2-26-17(25)19-12-6-3-5-11(9-12)14(22)20-21-16(24)15(23)18-10-13-7-4-8-27-13/h3-9H,2,10H2,1H3,(H,18,23)(H,19,25)(H,20,22)(H,21,24). The molecule has 0 bridgehead atoms. The zero-order valence-electron chi connectivity index (χ0n) is 14.4. The zero-order valence-corrected chi connectivity index (χ0v) is 14.4. The Labute approximate surface area is 154 Å². The third-order valence-electron chi connectivity index (χ3n) is 3.15. The Morgan fingerprint density at radius 1 is 1.04 bits per heavy atom. The summed E-state index contributed by atoms with van der Waals surface area (Å²) in [4.78, 5) is 46.8. The van der Waals surface area contributed by atoms with Crippen molar-refractivity contribution < 1.29 is 28.3 Å². The largest absolute Gasteiger partial charge is 0.467 e. The molecular formula is C17H18N4O6. The molecule has 142 valence electrons. The van der Waals surface area contributed by atoms with Crippen LogP contribution in [0, 0.1) is 0 Å². The molecule has 1 heterocycles. The summed E-state index contributed by atoms with van der Waals surface area (Å²) in [5, 5.41) is 4.78. The second kappa shape index (κ2) is 9.61. The van der Waals surface area contributed by atoms with E-state index >= 15 is 0 Å². The number of hydrazine groups is 1. The lowest BCUT2D eigenvalue weighted by Crippen LogP contribution is -2.48. The molecule has 0 unspecified atom stereocenters. The third-order valence-corrected chi connectivity index (χ3v) is 3.15. The molecule has 4 N–H and O–H groups in total. The molecule has 2 aromatic rings. The molecule has 0 aliphatic rings. The molecule has 0 aliphatic heterocycles. The average molecular weight is 374 g/mol. The zero-order chi connectivity index (χ0) is 19.6. The van der Waals surface area contributed by atoms with Crippen LogP contribution in [0.4, 0.5) is 10.5 Å². The number of carbonyl (C=O) groups is 4. The van der Waals surface area contributed by atoms with E-state index in [2.05, 4.69) is 16.1 Å². The quantitative estimate of drug-likeness (QED) is 0.453. The SMILES string of the molecule is CCOC(=O)Nc1cccc(C(=O)NNC(=O)C(=O)NCc2ccco2)c1. The maximum absolute atomic E-state index is 12.1. The molecule has 0 radical (unpaired) electrons. The molecular weight excluding hydrogens is 356 g/mol. The van der Waals surface area contributed by atoms with Gasteiger partial charge >= 0.3 is 17.9 Å². The number of anilines is 1. The highest BCUT2D eigenvalue weighted by atomic mass is 16.5. The first-order valence-electron chi connectivity index (χ1n) is 7.94. The Kier molecular flexibility index (Phi) is 6.94. The number of amides is 4. The molecule has 0 atom stereocenters. The summed E-state index contributed by atoms with van der Waals surface area (Å²) < 4.78 is 9.76. The maximum Gasteiger partial charge on any atom is 0.411 e. The van der Waals surface area contributed by atoms with Crippen LogP contribution in [0.25, 0.3) is 0 Å². The fraction of sp³-hybridized carbons (Fsp3) is 0.176. The van der Waals surface area contributed by atoms with E-state index in [1.54, 1.807) is 25.1 Å². The van der Waals surface area contributed by atoms with E-state index in [-0.39, 0.29) is 18.7 Å². The van der Waals surface area contributed by atoms with Gasteiger partial charge in [0.05, 0.1) is 19.4 Å². The van der Waals surface area contributed by atoms with Crippen LogP contribution >= 0.6 is 0 Å². The summed E-state index contributed by atoms with van der Waals surface area (Å²) >= 11 is 0. The predicted molar refractivity (Wildman–Crippen MR) is 93.3 cm³/mol. The molecule has 2 rings (SSSR count). The molecule has 0 saturated heterocycles. The highest BCUT2D eigenvalue weighted by Gasteiger charge is 2.15. The van der Waals surface area contributed by atoms with Crippen molar-refractivity contribution in [3.05, 3.63) is 54.0 Å². The molecule has 4 amide bonds. The maximum atomic E-state index is 12.1. The number of hydrogen-bond donors (Lipinski definition) is 4. The van der Waals surface area contributed by atoms with E-state index in [4.69, 9.17) is 9.15 Å². The molecule has 0 aliphatic carbocycles. The van der Waals surface area contributed by atoms with Crippen LogP contribution in [0.3, 0.4) is 0 Å². The minimum absolute atomic E-state index is 0.0365. The van der Waals surface area contributed by atoms with Gasteiger partial charge < -0.3 is 14.5 Å². The van der Waals surface area contributed by atoms with Gasteiger partial charge in [-0.3, -0.25) is 30.6 Å². The highest BCUT2D eigenvalue weighted by molar-refractivity contribution is 6.35. The number of rotatable bonds is 5. The van der Waals surface area contributed by atoms with E-state index in [1.165, 1.54) is 24.5 Å². The van der Waals surface area contributed by atoms with Gasteiger partial charge in [0.1, 0.15) is 5.76 Å². The number of ether oxygens (including phenoxy) is 1. The molecule has 10 nitrogen and oxygen atoms in total. The topological polar surface area (TPSA) is 139 Å². The highest BCUT2D eigenvalue weighted by Crippen LogP contribution is 2.10. The van der Waals surface area contributed by atoms with E-state index in [0.29, 0.717) is 11.4 Å². The van der Waals surface area contributed by atoms with Gasteiger partial charge in [-0.25, -0.2) is 4.79 Å². The summed E-state index contributed by atoms with van der Waals surface area (Å²) in [6.45, 7) is 1.91. The summed E-state index contributed by atoms with van der Waals surface area (Å²) in [7, 11) is 0. The van der Waals surface area contributed by atoms with Crippen LogP contribution in [0.2, 0.25) is 0 Å². The molecule has 10 heteroatoms. The first-order chi connectivity index (χ1) is 13.0. The van der Waals surface area contributed by atoms with Gasteiger partial charge in [-0.2, -0.15) is 0 Å². The summed E-state index contributed by atoms with van der Waals surface area (Å²) in [5.41, 5.74) is 4.60. The monoisotopic (exact) mass is 374 g/mol.